The Labute approximate surface area is 383 Å². The number of phosphoric ester groups is 2. The van der Waals surface area contributed by atoms with Crippen molar-refractivity contribution in [1.29, 1.82) is 0 Å². The molecule has 0 saturated heterocycles. The number of carbonyl (C=O) groups is 2. The third kappa shape index (κ3) is 45.3. The number of allylic oxidation sites excluding steroid dienone is 16. The second kappa shape index (κ2) is 42.4. The molecule has 0 fully saturated rings. The SMILES string of the molecule is CC/C=C\CC(O)/C=C/C=C/C/C=C\C/C=C\C/C=C\CCC(=O)OC[C@H](COP(=O)(O)OC[C@@H](O)COP(=O)(O)O)OC(=O)CCCCCC/C=C\C/C=C\C/C=C\CCCCC. The summed E-state index contributed by atoms with van der Waals surface area (Å²) in [4.78, 5) is 52.7. The maximum Gasteiger partial charge on any atom is 0.472 e. The minimum atomic E-state index is -4.88. The van der Waals surface area contributed by atoms with Gasteiger partial charge < -0.3 is 34.4 Å². The topological polar surface area (TPSA) is 216 Å². The summed E-state index contributed by atoms with van der Waals surface area (Å²) in [6, 6.07) is 0. The highest BCUT2D eigenvalue weighted by Crippen LogP contribution is 2.43. The number of esters is 2. The van der Waals surface area contributed by atoms with Crippen LogP contribution in [0, 0.1) is 0 Å². The monoisotopic (exact) mass is 940 g/mol. The number of phosphoric acid groups is 2. The maximum absolute atomic E-state index is 12.7. The Bertz CT molecular complexity index is 1560. The average molecular weight is 941 g/mol. The summed E-state index contributed by atoms with van der Waals surface area (Å²) in [6.07, 6.45) is 48.5. The Balaban J connectivity index is 4.71. The van der Waals surface area contributed by atoms with E-state index in [-0.39, 0.29) is 12.8 Å². The van der Waals surface area contributed by atoms with Gasteiger partial charge in [-0.3, -0.25) is 23.2 Å². The summed E-state index contributed by atoms with van der Waals surface area (Å²) in [6.45, 7) is 1.39. The molecule has 364 valence electrons. The molecule has 0 spiro atoms. The zero-order valence-corrected chi connectivity index (χ0v) is 40.0. The van der Waals surface area contributed by atoms with E-state index in [0.29, 0.717) is 25.7 Å². The minimum Gasteiger partial charge on any atom is -0.462 e. The van der Waals surface area contributed by atoms with Crippen LogP contribution < -0.4 is 0 Å². The molecule has 0 aliphatic carbocycles. The Hall–Kier alpha value is -3.26. The van der Waals surface area contributed by atoms with Crippen LogP contribution in [0.15, 0.2) is 109 Å². The van der Waals surface area contributed by atoms with Crippen molar-refractivity contribution in [3.8, 4) is 0 Å². The lowest BCUT2D eigenvalue weighted by atomic mass is 10.1. The molecule has 16 heteroatoms. The first-order valence-electron chi connectivity index (χ1n) is 22.7. The van der Waals surface area contributed by atoms with Gasteiger partial charge in [-0.1, -0.05) is 149 Å². The predicted molar refractivity (Wildman–Crippen MR) is 254 cm³/mol. The Morgan fingerprint density at radius 1 is 0.531 bits per heavy atom. The number of unbranched alkanes of at least 4 members (excludes halogenated alkanes) is 7. The zero-order chi connectivity index (χ0) is 47.4. The van der Waals surface area contributed by atoms with E-state index in [4.69, 9.17) is 23.8 Å². The van der Waals surface area contributed by atoms with Crippen molar-refractivity contribution in [2.75, 3.05) is 26.4 Å². The van der Waals surface area contributed by atoms with Crippen molar-refractivity contribution in [3.63, 3.8) is 0 Å². The summed E-state index contributed by atoms with van der Waals surface area (Å²) in [5, 5.41) is 19.6. The van der Waals surface area contributed by atoms with Gasteiger partial charge in [0.05, 0.1) is 25.9 Å². The Kier molecular flexibility index (Phi) is 40.2. The predicted octanol–water partition coefficient (Wildman–Crippen LogP) is 10.9. The van der Waals surface area contributed by atoms with Crippen LogP contribution in [0.5, 0.6) is 0 Å². The highest BCUT2D eigenvalue weighted by atomic mass is 31.2. The first kappa shape index (κ1) is 60.7. The van der Waals surface area contributed by atoms with E-state index in [1.807, 2.05) is 54.7 Å². The van der Waals surface area contributed by atoms with Crippen LogP contribution in [-0.2, 0) is 41.8 Å². The fraction of sp³-hybridized carbons (Fsp3) is 0.583. The lowest BCUT2D eigenvalue weighted by molar-refractivity contribution is -0.161. The molecule has 4 atom stereocenters. The lowest BCUT2D eigenvalue weighted by Gasteiger charge is -2.20. The molecule has 0 aromatic heterocycles. The molecule has 0 radical (unpaired) electrons. The number of ether oxygens (including phenoxy) is 2. The van der Waals surface area contributed by atoms with Gasteiger partial charge >= 0.3 is 27.6 Å². The molecule has 0 rings (SSSR count). The molecule has 0 bridgehead atoms. The van der Waals surface area contributed by atoms with E-state index in [0.717, 1.165) is 64.2 Å². The first-order valence-corrected chi connectivity index (χ1v) is 25.7. The molecular formula is C48H78O14P2. The minimum absolute atomic E-state index is 0.0426. The van der Waals surface area contributed by atoms with Gasteiger partial charge in [-0.05, 0) is 83.5 Å². The van der Waals surface area contributed by atoms with Crippen LogP contribution in [0.25, 0.3) is 0 Å². The summed E-state index contributed by atoms with van der Waals surface area (Å²) >= 11 is 0. The average Bonchev–Trinajstić information content (AvgIpc) is 3.25. The van der Waals surface area contributed by atoms with E-state index >= 15 is 0 Å². The summed E-state index contributed by atoms with van der Waals surface area (Å²) < 4.78 is 47.7. The van der Waals surface area contributed by atoms with Crippen LogP contribution >= 0.6 is 15.6 Å². The third-order valence-corrected chi connectivity index (χ3v) is 10.2. The molecule has 0 aliphatic rings. The van der Waals surface area contributed by atoms with Gasteiger partial charge in [-0.25, -0.2) is 9.13 Å². The van der Waals surface area contributed by atoms with E-state index < -0.39 is 72.3 Å². The normalized spacial score (nSPS) is 15.4. The van der Waals surface area contributed by atoms with E-state index in [9.17, 15) is 33.8 Å². The van der Waals surface area contributed by atoms with Crippen molar-refractivity contribution in [3.05, 3.63) is 109 Å². The molecule has 0 aromatic rings. The van der Waals surface area contributed by atoms with Crippen LogP contribution in [0.3, 0.4) is 0 Å². The number of rotatable bonds is 41. The van der Waals surface area contributed by atoms with Crippen LogP contribution in [0.4, 0.5) is 0 Å². The molecular weight excluding hydrogens is 862 g/mol. The molecule has 0 saturated carbocycles. The first-order chi connectivity index (χ1) is 30.8. The van der Waals surface area contributed by atoms with Gasteiger partial charge in [0.1, 0.15) is 12.7 Å². The molecule has 0 heterocycles. The molecule has 64 heavy (non-hydrogen) atoms. The van der Waals surface area contributed by atoms with Crippen molar-refractivity contribution >= 4 is 27.6 Å². The van der Waals surface area contributed by atoms with Crippen molar-refractivity contribution < 1.29 is 66.7 Å². The van der Waals surface area contributed by atoms with E-state index in [2.05, 4.69) is 71.5 Å². The largest absolute Gasteiger partial charge is 0.472 e. The van der Waals surface area contributed by atoms with Crippen LogP contribution in [0.1, 0.15) is 136 Å². The summed E-state index contributed by atoms with van der Waals surface area (Å²) in [7, 11) is -9.73. The summed E-state index contributed by atoms with van der Waals surface area (Å²) in [5.74, 6) is -1.19. The lowest BCUT2D eigenvalue weighted by Crippen LogP contribution is -2.29. The molecule has 0 aliphatic heterocycles. The maximum atomic E-state index is 12.7. The van der Waals surface area contributed by atoms with Gasteiger partial charge in [0, 0.05) is 12.8 Å². The molecule has 14 nitrogen and oxygen atoms in total. The van der Waals surface area contributed by atoms with Crippen molar-refractivity contribution in [2.45, 2.75) is 154 Å². The summed E-state index contributed by atoms with van der Waals surface area (Å²) in [5.41, 5.74) is 0. The number of aliphatic hydroxyl groups excluding tert-OH is 2. The Morgan fingerprint density at radius 2 is 1.06 bits per heavy atom. The quantitative estimate of drug-likeness (QED) is 0.0127. The van der Waals surface area contributed by atoms with Gasteiger partial charge in [-0.15, -0.1) is 0 Å². The van der Waals surface area contributed by atoms with Gasteiger partial charge in [0.25, 0.3) is 0 Å². The second-order valence-electron chi connectivity index (χ2n) is 14.8. The number of carbonyl (C=O) groups excluding carboxylic acids is 2. The van der Waals surface area contributed by atoms with Crippen LogP contribution in [0.2, 0.25) is 0 Å². The van der Waals surface area contributed by atoms with Gasteiger partial charge in [0.15, 0.2) is 6.10 Å². The standard InChI is InChI=1S/C48H78O14P2/c1-3-5-7-8-9-10-11-12-13-14-15-18-22-25-28-31-35-39-48(52)62-46(43-61-64(56,57)60-41-45(50)40-59-63(53,54)55)42-58-47(51)38-34-30-27-24-21-19-16-17-20-23-26-29-33-37-44(49)36-32-6-4-2/h6,9-10,12-13,15,17-21,26-27,29-30,32-33,37,44-46,49-50H,3-5,7-8,11,14,16,22-25,28,31,34-36,38-43H2,1-2H3,(H,56,57)(H2,53,54,55)/b10-9-,13-12-,18-15-,20-17-,21-19-,29-26+,30-27-,32-6-,37-33+/t44?,45-,46+/m0/s1. The number of hydrogen-bond acceptors (Lipinski definition) is 11. The third-order valence-electron chi connectivity index (χ3n) is 8.73. The highest BCUT2D eigenvalue weighted by molar-refractivity contribution is 7.47. The van der Waals surface area contributed by atoms with Crippen LogP contribution in [-0.4, -0.2) is 81.6 Å². The highest BCUT2D eigenvalue weighted by Gasteiger charge is 2.28. The molecule has 5 N–H and O–H groups in total. The fourth-order valence-corrected chi connectivity index (χ4v) is 6.44. The molecule has 0 aromatic carbocycles. The van der Waals surface area contributed by atoms with Crippen molar-refractivity contribution in [2.24, 2.45) is 0 Å². The molecule has 0 amide bonds. The number of hydrogen-bond donors (Lipinski definition) is 5. The van der Waals surface area contributed by atoms with E-state index in [1.165, 1.54) is 19.3 Å². The Morgan fingerprint density at radius 3 is 1.66 bits per heavy atom. The van der Waals surface area contributed by atoms with Crippen molar-refractivity contribution in [1.82, 2.24) is 0 Å². The molecule has 2 unspecified atom stereocenters. The smallest absolute Gasteiger partial charge is 0.462 e. The fourth-order valence-electron chi connectivity index (χ4n) is 5.29. The zero-order valence-electron chi connectivity index (χ0n) is 38.2. The second-order valence-corrected chi connectivity index (χ2v) is 17.5. The number of aliphatic hydroxyl groups is 2. The van der Waals surface area contributed by atoms with Gasteiger partial charge in [-0.2, -0.15) is 0 Å². The van der Waals surface area contributed by atoms with Gasteiger partial charge in [0.2, 0.25) is 0 Å². The van der Waals surface area contributed by atoms with E-state index in [1.54, 1.807) is 6.08 Å².